The van der Waals surface area contributed by atoms with Gasteiger partial charge in [-0.15, -0.1) is 0 Å². The molecule has 0 aliphatic heterocycles. The molecule has 0 unspecified atom stereocenters. The molecule has 0 atom stereocenters. The van der Waals surface area contributed by atoms with Gasteiger partial charge in [-0.2, -0.15) is 0 Å². The van der Waals surface area contributed by atoms with E-state index in [9.17, 15) is 0 Å². The van der Waals surface area contributed by atoms with Crippen LogP contribution in [0.1, 0.15) is 11.0 Å². The molecule has 1 rings (SSSR count). The van der Waals surface area contributed by atoms with Crippen LogP contribution in [-0.2, 0) is 6.42 Å². The summed E-state index contributed by atoms with van der Waals surface area (Å²) in [4.78, 5) is 0. The van der Waals surface area contributed by atoms with Crippen LogP contribution in [0.3, 0.4) is 0 Å². The lowest BCUT2D eigenvalue weighted by molar-refractivity contribution is 1.17. The Morgan fingerprint density at radius 2 is 1.90 bits per heavy atom. The van der Waals surface area contributed by atoms with Gasteiger partial charge < -0.3 is 0 Å². The Morgan fingerprint density at radius 1 is 1.30 bits per heavy atom. The first-order chi connectivity index (χ1) is 6.50. The van der Waals surface area contributed by atoms with Crippen LogP contribution in [0.25, 0.3) is 0 Å². The second-order valence-corrected chi connectivity index (χ2v) is 3.32. The highest BCUT2D eigenvalue weighted by atomic mass is 79.9. The monoisotopic (exact) mass is 266 g/mol. The Balaban J connectivity index is 3.43. The van der Waals surface area contributed by atoms with E-state index in [1.807, 2.05) is 0 Å². The van der Waals surface area contributed by atoms with Crippen LogP contribution >= 0.6 is 31.9 Å². The molecule has 0 saturated heterocycles. The summed E-state index contributed by atoms with van der Waals surface area (Å²) in [6.07, 6.45) is 0.503. The molecule has 54 valence electrons. The number of hydrogen-bond acceptors (Lipinski definition) is 0. The summed E-state index contributed by atoms with van der Waals surface area (Å²) in [5.74, 6) is 0. The van der Waals surface area contributed by atoms with Crippen molar-refractivity contribution in [2.75, 3.05) is 5.33 Å². The average Bonchev–Trinajstić information content (AvgIpc) is 2.19. The standard InChI is InChI=1S/C8H8Br2/c9-6-5-7-1-3-8(10)4-2-7/h1-4H,5-6H2/i1D,2D,3D,4D. The molecule has 0 aliphatic carbocycles. The minimum atomic E-state index is -0.0121. The zero-order valence-electron chi connectivity index (χ0n) is 9.17. The lowest BCUT2D eigenvalue weighted by atomic mass is 10.2. The Morgan fingerprint density at radius 3 is 2.40 bits per heavy atom. The Labute approximate surface area is 83.5 Å². The van der Waals surface area contributed by atoms with Crippen molar-refractivity contribution in [3.8, 4) is 0 Å². The second kappa shape index (κ2) is 4.14. The van der Waals surface area contributed by atoms with Crippen molar-refractivity contribution in [1.82, 2.24) is 0 Å². The van der Waals surface area contributed by atoms with E-state index in [1.165, 1.54) is 0 Å². The quantitative estimate of drug-likeness (QED) is 0.721. The molecule has 0 heterocycles. The fourth-order valence-corrected chi connectivity index (χ4v) is 1.14. The van der Waals surface area contributed by atoms with E-state index in [2.05, 4.69) is 31.9 Å². The molecule has 0 spiro atoms. The van der Waals surface area contributed by atoms with E-state index in [0.717, 1.165) is 0 Å². The van der Waals surface area contributed by atoms with Crippen molar-refractivity contribution in [3.05, 3.63) is 34.2 Å². The summed E-state index contributed by atoms with van der Waals surface area (Å²) >= 11 is 6.26. The molecule has 1 aromatic rings. The zero-order valence-corrected chi connectivity index (χ0v) is 8.34. The van der Waals surface area contributed by atoms with Crippen molar-refractivity contribution in [2.45, 2.75) is 6.42 Å². The van der Waals surface area contributed by atoms with Crippen LogP contribution in [-0.4, -0.2) is 5.33 Å². The highest BCUT2D eigenvalue weighted by Crippen LogP contribution is 2.11. The van der Waals surface area contributed by atoms with Gasteiger partial charge in [-0.05, 0) is 24.1 Å². The molecule has 0 aliphatic rings. The van der Waals surface area contributed by atoms with Crippen LogP contribution in [0.5, 0.6) is 0 Å². The predicted octanol–water partition coefficient (Wildman–Crippen LogP) is 3.39. The molecule has 2 heteroatoms. The van der Waals surface area contributed by atoms with Crippen molar-refractivity contribution >= 4 is 31.9 Å². The van der Waals surface area contributed by atoms with Crippen molar-refractivity contribution < 1.29 is 5.48 Å². The number of benzene rings is 1. The smallest absolute Gasteiger partial charge is 0.0635 e. The van der Waals surface area contributed by atoms with Gasteiger partial charge in [-0.3, -0.25) is 0 Å². The molecule has 10 heavy (non-hydrogen) atoms. The van der Waals surface area contributed by atoms with Crippen molar-refractivity contribution in [2.24, 2.45) is 0 Å². The summed E-state index contributed by atoms with van der Waals surface area (Å²) in [5, 5.41) is 0.630. The Kier molecular flexibility index (Phi) is 1.77. The second-order valence-electron chi connectivity index (χ2n) is 1.73. The molecule has 0 N–H and O–H groups in total. The number of alkyl halides is 1. The third-order valence-corrected chi connectivity index (χ3v) is 1.78. The van der Waals surface area contributed by atoms with E-state index in [0.29, 0.717) is 17.3 Å². The van der Waals surface area contributed by atoms with E-state index >= 15 is 0 Å². The fraction of sp³-hybridized carbons (Fsp3) is 0.250. The van der Waals surface area contributed by atoms with Gasteiger partial charge in [0.15, 0.2) is 0 Å². The first-order valence-electron chi connectivity index (χ1n) is 4.81. The predicted molar refractivity (Wildman–Crippen MR) is 51.6 cm³/mol. The van der Waals surface area contributed by atoms with Crippen LogP contribution in [0.15, 0.2) is 28.6 Å². The van der Waals surface area contributed by atoms with E-state index in [1.54, 1.807) is 0 Å². The minimum Gasteiger partial charge on any atom is -0.0924 e. The summed E-state index contributed by atoms with van der Waals surface area (Å²) in [7, 11) is 0. The maximum atomic E-state index is 7.64. The fourth-order valence-electron chi connectivity index (χ4n) is 0.543. The van der Waals surface area contributed by atoms with Crippen LogP contribution in [0, 0.1) is 0 Å². The Hall–Kier alpha value is 0.180. The summed E-state index contributed by atoms with van der Waals surface area (Å²) in [5.41, 5.74) is 0.458. The largest absolute Gasteiger partial charge is 0.0924 e. The van der Waals surface area contributed by atoms with E-state index in [-0.39, 0.29) is 28.6 Å². The van der Waals surface area contributed by atoms with Gasteiger partial charge in [0.05, 0.1) is 5.48 Å². The lowest BCUT2D eigenvalue weighted by Crippen LogP contribution is -1.83. The number of hydrogen-bond donors (Lipinski definition) is 0. The molecular weight excluding hydrogens is 256 g/mol. The van der Waals surface area contributed by atoms with Crippen molar-refractivity contribution in [1.29, 1.82) is 0 Å². The van der Waals surface area contributed by atoms with E-state index < -0.39 is 0 Å². The molecule has 1 aromatic carbocycles. The SMILES string of the molecule is [2H]c1c([2H])c(CCBr)c([2H])c([2H])c1Br. The first kappa shape index (κ1) is 4.27. The molecule has 0 amide bonds. The first-order valence-corrected chi connectivity index (χ1v) is 4.72. The summed E-state index contributed by atoms with van der Waals surface area (Å²) < 4.78 is 30.6. The average molecular weight is 268 g/mol. The molecular formula is C8H8Br2. The maximum Gasteiger partial charge on any atom is 0.0635 e. The molecule has 0 fully saturated rings. The van der Waals surface area contributed by atoms with Gasteiger partial charge in [0.2, 0.25) is 0 Å². The van der Waals surface area contributed by atoms with Gasteiger partial charge in [0.25, 0.3) is 0 Å². The Bertz CT molecular complexity index is 336. The van der Waals surface area contributed by atoms with Crippen LogP contribution < -0.4 is 0 Å². The zero-order chi connectivity index (χ0) is 10.9. The number of rotatable bonds is 2. The lowest BCUT2D eigenvalue weighted by Gasteiger charge is -1.95. The van der Waals surface area contributed by atoms with Crippen LogP contribution in [0.2, 0.25) is 0 Å². The maximum absolute atomic E-state index is 7.64. The molecule has 0 nitrogen and oxygen atoms in total. The van der Waals surface area contributed by atoms with Gasteiger partial charge in [-0.1, -0.05) is 43.9 Å². The minimum absolute atomic E-state index is 0.0121. The highest BCUT2D eigenvalue weighted by Gasteiger charge is 1.89. The summed E-state index contributed by atoms with van der Waals surface area (Å²) in [6, 6.07) is 0.0542. The normalized spacial score (nSPS) is 15.4. The van der Waals surface area contributed by atoms with Gasteiger partial charge >= 0.3 is 0 Å². The molecule has 0 aromatic heterocycles. The highest BCUT2D eigenvalue weighted by molar-refractivity contribution is 9.10. The third kappa shape index (κ3) is 2.43. The van der Waals surface area contributed by atoms with E-state index in [4.69, 9.17) is 5.48 Å². The molecule has 0 radical (unpaired) electrons. The topological polar surface area (TPSA) is 0 Å². The third-order valence-electron chi connectivity index (χ3n) is 0.991. The van der Waals surface area contributed by atoms with Crippen LogP contribution in [0.4, 0.5) is 0 Å². The van der Waals surface area contributed by atoms with Gasteiger partial charge in [0, 0.05) is 9.80 Å². The van der Waals surface area contributed by atoms with Crippen molar-refractivity contribution in [3.63, 3.8) is 0 Å². The molecule has 0 bridgehead atoms. The van der Waals surface area contributed by atoms with Gasteiger partial charge in [-0.25, -0.2) is 0 Å². The summed E-state index contributed by atoms with van der Waals surface area (Å²) in [6.45, 7) is 0. The van der Waals surface area contributed by atoms with Gasteiger partial charge in [0.1, 0.15) is 0 Å². The number of halogens is 2. The molecule has 0 saturated carbocycles.